The fraction of sp³-hybridized carbons (Fsp3) is 0.0400. The summed E-state index contributed by atoms with van der Waals surface area (Å²) >= 11 is 0. The molecule has 0 radical (unpaired) electrons. The van der Waals surface area contributed by atoms with E-state index >= 15 is 0 Å². The van der Waals surface area contributed by atoms with Gasteiger partial charge in [-0.3, -0.25) is 14.7 Å². The second-order valence-electron chi connectivity index (χ2n) is 6.89. The maximum Gasteiger partial charge on any atom is 0.417 e. The predicted octanol–water partition coefficient (Wildman–Crippen LogP) is 5.56. The lowest BCUT2D eigenvalue weighted by molar-refractivity contribution is 0.192. The molecule has 0 fully saturated rings. The largest absolute Gasteiger partial charge is 0.463 e. The summed E-state index contributed by atoms with van der Waals surface area (Å²) < 4.78 is 37.3. The Kier molecular flexibility index (Phi) is 6.45. The zero-order chi connectivity index (χ0) is 23.2. The maximum absolute atomic E-state index is 13.5. The third kappa shape index (κ3) is 5.24. The zero-order valence-corrected chi connectivity index (χ0v) is 17.2. The molecular formula is C25H18F2N2O4. The summed E-state index contributed by atoms with van der Waals surface area (Å²) in [7, 11) is 0. The van der Waals surface area contributed by atoms with E-state index in [1.165, 1.54) is 53.2 Å². The van der Waals surface area contributed by atoms with Crippen LogP contribution >= 0.6 is 0 Å². The SMILES string of the molecule is O=C(Nc1cc(=O)n(-c2ccc(OCF)cc2)cc1-c1ccc(F)cc1)Oc1ccccc1. The van der Waals surface area contributed by atoms with Gasteiger partial charge in [-0.15, -0.1) is 0 Å². The van der Waals surface area contributed by atoms with Crippen molar-refractivity contribution in [2.75, 3.05) is 12.2 Å². The molecule has 0 spiro atoms. The highest BCUT2D eigenvalue weighted by molar-refractivity contribution is 5.92. The topological polar surface area (TPSA) is 69.6 Å². The quantitative estimate of drug-likeness (QED) is 0.419. The summed E-state index contributed by atoms with van der Waals surface area (Å²) in [4.78, 5) is 25.3. The Morgan fingerprint density at radius 1 is 0.909 bits per heavy atom. The number of hydrogen-bond donors (Lipinski definition) is 1. The van der Waals surface area contributed by atoms with Gasteiger partial charge in [-0.2, -0.15) is 0 Å². The first kappa shape index (κ1) is 21.8. The molecule has 0 aliphatic rings. The van der Waals surface area contributed by atoms with Gasteiger partial charge in [0.15, 0.2) is 0 Å². The minimum absolute atomic E-state index is 0.196. The molecule has 0 saturated carbocycles. The first-order chi connectivity index (χ1) is 16.0. The van der Waals surface area contributed by atoms with E-state index in [2.05, 4.69) is 5.32 Å². The van der Waals surface area contributed by atoms with Crippen molar-refractivity contribution in [2.45, 2.75) is 0 Å². The lowest BCUT2D eigenvalue weighted by Gasteiger charge is -2.15. The summed E-state index contributed by atoms with van der Waals surface area (Å²) in [6.07, 6.45) is 0.744. The summed E-state index contributed by atoms with van der Waals surface area (Å²) in [5.41, 5.74) is 1.28. The maximum atomic E-state index is 13.5. The van der Waals surface area contributed by atoms with Crippen molar-refractivity contribution in [3.63, 3.8) is 0 Å². The Morgan fingerprint density at radius 2 is 1.61 bits per heavy atom. The molecule has 0 aliphatic carbocycles. The fourth-order valence-corrected chi connectivity index (χ4v) is 3.19. The second kappa shape index (κ2) is 9.78. The molecule has 166 valence electrons. The third-order valence-electron chi connectivity index (χ3n) is 4.74. The number of carbonyl (C=O) groups is 1. The fourth-order valence-electron chi connectivity index (χ4n) is 3.19. The number of benzene rings is 3. The van der Waals surface area contributed by atoms with E-state index in [0.29, 0.717) is 28.3 Å². The molecule has 0 aliphatic heterocycles. The number of aromatic nitrogens is 1. The van der Waals surface area contributed by atoms with Gasteiger partial charge in [-0.05, 0) is 54.1 Å². The molecule has 8 heteroatoms. The summed E-state index contributed by atoms with van der Waals surface area (Å²) in [5.74, 6) is 0.228. The molecule has 0 bridgehead atoms. The van der Waals surface area contributed by atoms with E-state index in [1.807, 2.05) is 0 Å². The zero-order valence-electron chi connectivity index (χ0n) is 17.2. The molecule has 1 aromatic heterocycles. The molecule has 0 atom stereocenters. The van der Waals surface area contributed by atoms with Crippen LogP contribution in [0.15, 0.2) is 95.9 Å². The third-order valence-corrected chi connectivity index (χ3v) is 4.74. The molecule has 1 heterocycles. The molecule has 0 unspecified atom stereocenters. The number of nitrogens with one attached hydrogen (secondary N) is 1. The van der Waals surface area contributed by atoms with Crippen molar-refractivity contribution in [3.05, 3.63) is 107 Å². The van der Waals surface area contributed by atoms with Crippen LogP contribution < -0.4 is 20.3 Å². The Labute approximate surface area is 187 Å². The number of nitrogens with zero attached hydrogens (tertiary/aromatic N) is 1. The van der Waals surface area contributed by atoms with Crippen LogP contribution in [0.3, 0.4) is 0 Å². The van der Waals surface area contributed by atoms with Crippen molar-refractivity contribution < 1.29 is 23.0 Å². The van der Waals surface area contributed by atoms with Crippen LogP contribution in [0.2, 0.25) is 0 Å². The van der Waals surface area contributed by atoms with Gasteiger partial charge in [0.1, 0.15) is 17.3 Å². The van der Waals surface area contributed by atoms with E-state index in [-0.39, 0.29) is 5.69 Å². The van der Waals surface area contributed by atoms with Crippen molar-refractivity contribution in [2.24, 2.45) is 0 Å². The van der Waals surface area contributed by atoms with Gasteiger partial charge in [0.25, 0.3) is 5.56 Å². The summed E-state index contributed by atoms with van der Waals surface area (Å²) in [6.45, 7) is -0.965. The Hall–Kier alpha value is -4.46. The van der Waals surface area contributed by atoms with Crippen molar-refractivity contribution in [1.29, 1.82) is 0 Å². The molecular weight excluding hydrogens is 430 g/mol. The standard InChI is InChI=1S/C25H18F2N2O4/c26-16-32-20-12-10-19(11-13-20)29-15-22(17-6-8-18(27)9-7-17)23(14-24(29)30)28-25(31)33-21-4-2-1-3-5-21/h1-15H,16H2,(H,28,31). The van der Waals surface area contributed by atoms with Gasteiger partial charge in [0, 0.05) is 23.5 Å². The van der Waals surface area contributed by atoms with Gasteiger partial charge >= 0.3 is 6.09 Å². The van der Waals surface area contributed by atoms with Crippen molar-refractivity contribution in [1.82, 2.24) is 4.57 Å². The highest BCUT2D eigenvalue weighted by Gasteiger charge is 2.14. The molecule has 4 rings (SSSR count). The number of hydrogen-bond acceptors (Lipinski definition) is 4. The van der Waals surface area contributed by atoms with Gasteiger partial charge < -0.3 is 9.47 Å². The first-order valence-electron chi connectivity index (χ1n) is 9.89. The monoisotopic (exact) mass is 448 g/mol. The summed E-state index contributed by atoms with van der Waals surface area (Å²) in [6, 6.07) is 21.6. The lowest BCUT2D eigenvalue weighted by Crippen LogP contribution is -2.22. The van der Waals surface area contributed by atoms with Gasteiger partial charge in [0.2, 0.25) is 6.86 Å². The van der Waals surface area contributed by atoms with E-state index in [9.17, 15) is 18.4 Å². The highest BCUT2D eigenvalue weighted by atomic mass is 19.1. The Morgan fingerprint density at radius 3 is 2.27 bits per heavy atom. The highest BCUT2D eigenvalue weighted by Crippen LogP contribution is 2.28. The van der Waals surface area contributed by atoms with Crippen LogP contribution in [0, 0.1) is 5.82 Å². The minimum atomic E-state index is -0.965. The lowest BCUT2D eigenvalue weighted by atomic mass is 10.1. The molecule has 33 heavy (non-hydrogen) atoms. The number of alkyl halides is 1. The molecule has 1 N–H and O–H groups in total. The van der Waals surface area contributed by atoms with Crippen LogP contribution in [0.5, 0.6) is 11.5 Å². The number of pyridine rings is 1. The molecule has 6 nitrogen and oxygen atoms in total. The van der Waals surface area contributed by atoms with E-state index < -0.39 is 24.3 Å². The number of amides is 1. The normalized spacial score (nSPS) is 10.5. The van der Waals surface area contributed by atoms with Crippen LogP contribution in [-0.4, -0.2) is 17.5 Å². The van der Waals surface area contributed by atoms with Crippen LogP contribution in [0.1, 0.15) is 0 Å². The first-order valence-corrected chi connectivity index (χ1v) is 9.89. The number of halogens is 2. The van der Waals surface area contributed by atoms with Gasteiger partial charge in [-0.1, -0.05) is 30.3 Å². The van der Waals surface area contributed by atoms with Gasteiger partial charge in [-0.25, -0.2) is 13.6 Å². The second-order valence-corrected chi connectivity index (χ2v) is 6.89. The van der Waals surface area contributed by atoms with Crippen LogP contribution in [0.4, 0.5) is 19.3 Å². The average molecular weight is 448 g/mol. The predicted molar refractivity (Wildman–Crippen MR) is 120 cm³/mol. The number of ether oxygens (including phenoxy) is 2. The minimum Gasteiger partial charge on any atom is -0.463 e. The van der Waals surface area contributed by atoms with Gasteiger partial charge in [0.05, 0.1) is 5.69 Å². The average Bonchev–Trinajstić information content (AvgIpc) is 2.81. The van der Waals surface area contributed by atoms with Crippen LogP contribution in [-0.2, 0) is 0 Å². The number of rotatable bonds is 6. The molecule has 4 aromatic rings. The molecule has 3 aromatic carbocycles. The smallest absolute Gasteiger partial charge is 0.417 e. The van der Waals surface area contributed by atoms with E-state index in [1.54, 1.807) is 42.5 Å². The van der Waals surface area contributed by atoms with Crippen molar-refractivity contribution in [3.8, 4) is 28.3 Å². The number of carbonyl (C=O) groups excluding carboxylic acids is 1. The van der Waals surface area contributed by atoms with E-state index in [0.717, 1.165) is 0 Å². The molecule has 0 saturated heterocycles. The van der Waals surface area contributed by atoms with E-state index in [4.69, 9.17) is 9.47 Å². The van der Waals surface area contributed by atoms with Crippen molar-refractivity contribution >= 4 is 11.8 Å². The Balaban J connectivity index is 1.72. The molecule has 1 amide bonds. The summed E-state index contributed by atoms with van der Waals surface area (Å²) in [5, 5.41) is 2.59. The number of para-hydroxylation sites is 1. The number of anilines is 1. The Bertz CT molecular complexity index is 1310. The van der Waals surface area contributed by atoms with Crippen LogP contribution in [0.25, 0.3) is 16.8 Å².